The first-order valence-corrected chi connectivity index (χ1v) is 13.6. The van der Waals surface area contributed by atoms with Crippen LogP contribution in [0.1, 0.15) is 32.6 Å². The second-order valence-electron chi connectivity index (χ2n) is 9.27. The molecule has 0 aromatic heterocycles. The minimum Gasteiger partial charge on any atom is -0.401 e. The van der Waals surface area contributed by atoms with E-state index in [2.05, 4.69) is 58.1 Å². The quantitative estimate of drug-likeness (QED) is 0.251. The number of likely N-dealkylation sites (N-methyl/N-ethyl adjacent to an activating group) is 1. The van der Waals surface area contributed by atoms with Crippen LogP contribution in [0.15, 0.2) is 40.8 Å². The fourth-order valence-corrected chi connectivity index (χ4v) is 6.14. The molecule has 6 N–H and O–H groups in total. The van der Waals surface area contributed by atoms with Crippen molar-refractivity contribution in [1.82, 2.24) is 20.4 Å². The molecule has 2 aliphatic heterocycles. The van der Waals surface area contributed by atoms with Crippen molar-refractivity contribution in [3.8, 4) is 0 Å². The molecule has 0 saturated carbocycles. The van der Waals surface area contributed by atoms with Gasteiger partial charge in [-0.1, -0.05) is 30.7 Å². The second-order valence-corrected chi connectivity index (χ2v) is 11.6. The molecule has 3 atom stereocenters. The van der Waals surface area contributed by atoms with Crippen molar-refractivity contribution < 1.29 is 0 Å². The van der Waals surface area contributed by atoms with Crippen molar-refractivity contribution in [2.75, 3.05) is 52.1 Å². The normalized spacial score (nSPS) is 33.6. The highest BCUT2D eigenvalue weighted by molar-refractivity contribution is 8.00. The third kappa shape index (κ3) is 7.81. The molecular formula is C23H41N7S2. The molecule has 0 bridgehead atoms. The Balaban J connectivity index is 1.55. The Kier molecular flexibility index (Phi) is 10.0. The zero-order valence-electron chi connectivity index (χ0n) is 19.7. The highest BCUT2D eigenvalue weighted by Gasteiger charge is 2.28. The van der Waals surface area contributed by atoms with E-state index in [9.17, 15) is 0 Å². The van der Waals surface area contributed by atoms with Crippen molar-refractivity contribution in [2.24, 2.45) is 15.9 Å². The number of aliphatic imine (C=N–C) groups is 1. The summed E-state index contributed by atoms with van der Waals surface area (Å²) in [5.74, 6) is 1.53. The van der Waals surface area contributed by atoms with Crippen LogP contribution in [-0.2, 0) is 0 Å². The molecule has 7 nitrogen and oxygen atoms in total. The Bertz CT molecular complexity index is 717. The van der Waals surface area contributed by atoms with Gasteiger partial charge in [0.2, 0.25) is 0 Å². The van der Waals surface area contributed by atoms with Gasteiger partial charge in [0.1, 0.15) is 5.82 Å². The maximum atomic E-state index is 6.53. The molecule has 2 heterocycles. The van der Waals surface area contributed by atoms with Gasteiger partial charge in [0.25, 0.3) is 0 Å². The number of thioether (sulfide) groups is 1. The zero-order chi connectivity index (χ0) is 23.0. The summed E-state index contributed by atoms with van der Waals surface area (Å²) in [6, 6.07) is 0.299. The van der Waals surface area contributed by atoms with Crippen molar-refractivity contribution in [3.05, 3.63) is 35.8 Å². The molecule has 1 aliphatic carbocycles. The van der Waals surface area contributed by atoms with Gasteiger partial charge in [-0.15, -0.1) is 11.8 Å². The molecule has 180 valence electrons. The minimum atomic E-state index is -0.0326. The van der Waals surface area contributed by atoms with Crippen LogP contribution in [-0.4, -0.2) is 84.2 Å². The number of nitrogens with two attached hydrogens (primary N) is 2. The smallest absolute Gasteiger partial charge is 0.118 e. The number of rotatable bonds is 7. The summed E-state index contributed by atoms with van der Waals surface area (Å²) in [7, 11) is 2.24. The van der Waals surface area contributed by atoms with E-state index in [1.54, 1.807) is 0 Å². The first-order chi connectivity index (χ1) is 15.4. The van der Waals surface area contributed by atoms with Crippen LogP contribution in [0.25, 0.3) is 0 Å². The second kappa shape index (κ2) is 12.5. The highest BCUT2D eigenvalue weighted by atomic mass is 32.2. The number of allylic oxidation sites excluding steroid dienone is 1. The van der Waals surface area contributed by atoms with E-state index in [4.69, 9.17) is 10.9 Å². The van der Waals surface area contributed by atoms with Gasteiger partial charge in [-0.05, 0) is 51.8 Å². The van der Waals surface area contributed by atoms with Crippen LogP contribution in [0.2, 0.25) is 0 Å². The van der Waals surface area contributed by atoms with E-state index in [0.29, 0.717) is 17.2 Å². The van der Waals surface area contributed by atoms with Crippen molar-refractivity contribution in [2.45, 2.75) is 48.8 Å². The summed E-state index contributed by atoms with van der Waals surface area (Å²) in [6.07, 6.45) is 10.3. The maximum absolute atomic E-state index is 6.53. The first kappa shape index (κ1) is 25.6. The van der Waals surface area contributed by atoms with E-state index in [-0.39, 0.29) is 4.75 Å². The number of nitrogens with zero attached hydrogens (tertiary/aromatic N) is 3. The van der Waals surface area contributed by atoms with Crippen molar-refractivity contribution in [1.29, 1.82) is 0 Å². The summed E-state index contributed by atoms with van der Waals surface area (Å²) in [4.78, 5) is 9.69. The third-order valence-electron chi connectivity index (χ3n) is 6.48. The summed E-state index contributed by atoms with van der Waals surface area (Å²) < 4.78 is -0.0326. The molecule has 9 heteroatoms. The van der Waals surface area contributed by atoms with Gasteiger partial charge >= 0.3 is 0 Å². The zero-order valence-corrected chi connectivity index (χ0v) is 21.3. The fraction of sp³-hybridized carbons (Fsp3) is 0.696. The van der Waals surface area contributed by atoms with Crippen LogP contribution in [0, 0.1) is 0 Å². The van der Waals surface area contributed by atoms with Gasteiger partial charge in [0.15, 0.2) is 0 Å². The molecule has 32 heavy (non-hydrogen) atoms. The Morgan fingerprint density at radius 3 is 2.97 bits per heavy atom. The Hall–Kier alpha value is -0.970. The lowest BCUT2D eigenvalue weighted by molar-refractivity contribution is 0.191. The molecule has 1 saturated heterocycles. The highest BCUT2D eigenvalue weighted by Crippen LogP contribution is 2.32. The number of nitrogens with one attached hydrogen (secondary N) is 2. The lowest BCUT2D eigenvalue weighted by Gasteiger charge is -2.34. The van der Waals surface area contributed by atoms with Crippen LogP contribution in [0.5, 0.6) is 0 Å². The topological polar surface area (TPSA) is 94.9 Å². The number of hydrogen-bond acceptors (Lipinski definition) is 9. The molecule has 3 rings (SSSR count). The number of hydrogen-bond donors (Lipinski definition) is 4. The van der Waals surface area contributed by atoms with Gasteiger partial charge in [0.05, 0.1) is 5.37 Å². The van der Waals surface area contributed by atoms with Gasteiger partial charge in [-0.2, -0.15) is 0 Å². The predicted molar refractivity (Wildman–Crippen MR) is 142 cm³/mol. The van der Waals surface area contributed by atoms with E-state index in [1.807, 2.05) is 18.0 Å². The van der Waals surface area contributed by atoms with Crippen molar-refractivity contribution in [3.63, 3.8) is 0 Å². The molecule has 2 unspecified atom stereocenters. The monoisotopic (exact) mass is 479 g/mol. The summed E-state index contributed by atoms with van der Waals surface area (Å²) >= 11 is 3.35. The average Bonchev–Trinajstić information content (AvgIpc) is 2.84. The average molecular weight is 480 g/mol. The van der Waals surface area contributed by atoms with Gasteiger partial charge in [0, 0.05) is 61.2 Å². The fourth-order valence-electron chi connectivity index (χ4n) is 4.43. The van der Waals surface area contributed by atoms with Crippen LogP contribution in [0.4, 0.5) is 0 Å². The largest absolute Gasteiger partial charge is 0.401 e. The van der Waals surface area contributed by atoms with E-state index in [1.165, 1.54) is 11.9 Å². The SMILES string of the molecule is C=C(N=C/C1=C(\N)CSC(CN2CCNCC2)N(C)CCC1)NC1CC=C[C@](C)(SN)C1. The molecule has 1 fully saturated rings. The number of piperazine rings is 1. The Labute approximate surface area is 202 Å². The molecule has 3 aliphatic rings. The molecule has 0 spiro atoms. The standard InChI is InChI=1S/C23H41N7S2/c1-18(28-20-7-4-8-23(2,14-20)32-25)27-15-19-6-5-11-29(3)22(31-17-21(19)24)16-30-12-9-26-10-13-30/h4,8,15,20,22,26,28H,1,5-7,9-14,16-17,24-25H2,2-3H3/b21-19-,27-15?/t20?,22?,23-/m0/s1. The summed E-state index contributed by atoms with van der Waals surface area (Å²) in [5.41, 5.74) is 8.62. The molecule has 0 aromatic carbocycles. The minimum absolute atomic E-state index is 0.0326. The Morgan fingerprint density at radius 2 is 2.22 bits per heavy atom. The van der Waals surface area contributed by atoms with Crippen LogP contribution < -0.4 is 21.5 Å². The molecular weight excluding hydrogens is 438 g/mol. The summed E-state index contributed by atoms with van der Waals surface area (Å²) in [5, 5.41) is 13.2. The van der Waals surface area contributed by atoms with Crippen LogP contribution in [0.3, 0.4) is 0 Å². The Morgan fingerprint density at radius 1 is 1.44 bits per heavy atom. The van der Waals surface area contributed by atoms with E-state index in [0.717, 1.165) is 82.0 Å². The summed E-state index contributed by atoms with van der Waals surface area (Å²) in [6.45, 7) is 12.9. The predicted octanol–water partition coefficient (Wildman–Crippen LogP) is 2.11. The van der Waals surface area contributed by atoms with Crippen molar-refractivity contribution >= 4 is 29.9 Å². The molecule has 0 radical (unpaired) electrons. The molecule has 0 amide bonds. The van der Waals surface area contributed by atoms with Crippen LogP contribution >= 0.6 is 23.7 Å². The lowest BCUT2D eigenvalue weighted by atomic mass is 9.92. The van der Waals surface area contributed by atoms with E-state index < -0.39 is 0 Å². The first-order valence-electron chi connectivity index (χ1n) is 11.7. The maximum Gasteiger partial charge on any atom is 0.118 e. The van der Waals surface area contributed by atoms with Gasteiger partial charge in [-0.25, -0.2) is 4.99 Å². The van der Waals surface area contributed by atoms with E-state index >= 15 is 0 Å². The molecule has 0 aromatic rings. The lowest BCUT2D eigenvalue weighted by Crippen LogP contribution is -2.48. The van der Waals surface area contributed by atoms with Gasteiger partial charge < -0.3 is 16.4 Å². The van der Waals surface area contributed by atoms with Gasteiger partial charge in [-0.3, -0.25) is 14.9 Å². The third-order valence-corrected chi connectivity index (χ3v) is 8.69.